The first-order valence-corrected chi connectivity index (χ1v) is 8.16. The van der Waals surface area contributed by atoms with Gasteiger partial charge in [-0.15, -0.1) is 0 Å². The van der Waals surface area contributed by atoms with Gasteiger partial charge in [-0.3, -0.25) is 4.79 Å². The fourth-order valence-electron chi connectivity index (χ4n) is 2.92. The lowest BCUT2D eigenvalue weighted by Gasteiger charge is -2.29. The van der Waals surface area contributed by atoms with E-state index in [9.17, 15) is 4.79 Å². The number of rotatable bonds is 3. The van der Waals surface area contributed by atoms with Crippen LogP contribution >= 0.6 is 0 Å². The van der Waals surface area contributed by atoms with E-state index in [1.165, 1.54) is 19.3 Å². The third-order valence-corrected chi connectivity index (χ3v) is 4.37. The molecule has 0 spiro atoms. The Bertz CT molecular complexity index is 706. The smallest absolute Gasteiger partial charge is 0.255 e. The quantitative estimate of drug-likeness (QED) is 0.847. The summed E-state index contributed by atoms with van der Waals surface area (Å²) in [6.45, 7) is 4.09. The van der Waals surface area contributed by atoms with E-state index in [2.05, 4.69) is 16.3 Å². The first kappa shape index (κ1) is 15.4. The molecule has 4 nitrogen and oxygen atoms in total. The monoisotopic (exact) mass is 309 g/mol. The number of nitrogens with one attached hydrogen (secondary N) is 1. The van der Waals surface area contributed by atoms with Crippen LogP contribution in [0.4, 0.5) is 17.1 Å². The average molecular weight is 309 g/mol. The molecular weight excluding hydrogens is 286 g/mol. The fraction of sp³-hybridized carbons (Fsp3) is 0.316. The number of hydrogen-bond donors (Lipinski definition) is 2. The maximum absolute atomic E-state index is 12.5. The summed E-state index contributed by atoms with van der Waals surface area (Å²) in [5, 5.41) is 2.92. The third kappa shape index (κ3) is 3.65. The number of amides is 1. The van der Waals surface area contributed by atoms with Crippen molar-refractivity contribution in [3.05, 3.63) is 53.6 Å². The summed E-state index contributed by atoms with van der Waals surface area (Å²) in [6.07, 6.45) is 3.74. The van der Waals surface area contributed by atoms with Crippen molar-refractivity contribution in [1.82, 2.24) is 0 Å². The van der Waals surface area contributed by atoms with Crippen molar-refractivity contribution in [3.63, 3.8) is 0 Å². The summed E-state index contributed by atoms with van der Waals surface area (Å²) >= 11 is 0. The molecule has 2 aromatic carbocycles. The normalized spacial score (nSPS) is 14.6. The van der Waals surface area contributed by atoms with Crippen molar-refractivity contribution in [1.29, 1.82) is 0 Å². The van der Waals surface area contributed by atoms with E-state index in [1.54, 1.807) is 6.07 Å². The number of carbonyl (C=O) groups excluding carboxylic acids is 1. The summed E-state index contributed by atoms with van der Waals surface area (Å²) in [6, 6.07) is 13.4. The van der Waals surface area contributed by atoms with Crippen LogP contribution in [-0.4, -0.2) is 19.0 Å². The highest BCUT2D eigenvalue weighted by Crippen LogP contribution is 2.22. The number of piperidine rings is 1. The molecule has 0 bridgehead atoms. The maximum atomic E-state index is 12.5. The van der Waals surface area contributed by atoms with E-state index in [-0.39, 0.29) is 5.91 Å². The van der Waals surface area contributed by atoms with Crippen molar-refractivity contribution in [3.8, 4) is 0 Å². The summed E-state index contributed by atoms with van der Waals surface area (Å²) in [5.41, 5.74) is 10.1. The van der Waals surface area contributed by atoms with Crippen LogP contribution in [-0.2, 0) is 0 Å². The van der Waals surface area contributed by atoms with E-state index in [0.717, 1.165) is 30.0 Å². The van der Waals surface area contributed by atoms with Crippen LogP contribution in [0.1, 0.15) is 35.2 Å². The zero-order valence-electron chi connectivity index (χ0n) is 13.5. The van der Waals surface area contributed by atoms with Crippen LogP contribution in [0, 0.1) is 6.92 Å². The molecule has 1 aliphatic heterocycles. The molecule has 3 rings (SSSR count). The molecular formula is C19H23N3O. The van der Waals surface area contributed by atoms with E-state index in [4.69, 9.17) is 5.73 Å². The Kier molecular flexibility index (Phi) is 4.51. The molecule has 1 saturated heterocycles. The predicted molar refractivity (Wildman–Crippen MR) is 96.1 cm³/mol. The van der Waals surface area contributed by atoms with Crippen LogP contribution in [0.2, 0.25) is 0 Å². The molecule has 0 saturated carbocycles. The van der Waals surface area contributed by atoms with E-state index in [0.29, 0.717) is 11.3 Å². The van der Waals surface area contributed by atoms with E-state index >= 15 is 0 Å². The molecule has 1 fully saturated rings. The molecule has 0 atom stereocenters. The van der Waals surface area contributed by atoms with Gasteiger partial charge in [0.25, 0.3) is 5.91 Å². The fourth-order valence-corrected chi connectivity index (χ4v) is 2.92. The van der Waals surface area contributed by atoms with Gasteiger partial charge in [0.15, 0.2) is 0 Å². The van der Waals surface area contributed by atoms with Crippen LogP contribution in [0.5, 0.6) is 0 Å². The molecule has 0 radical (unpaired) electrons. The molecule has 2 aromatic rings. The van der Waals surface area contributed by atoms with Gasteiger partial charge in [0.05, 0.1) is 0 Å². The SMILES string of the molecule is Cc1ccc(NC(=O)c2cccc(N3CCCCC3)c2)cc1N. The standard InChI is InChI=1S/C19H23N3O/c1-14-8-9-16(13-18(14)20)21-19(23)15-6-5-7-17(12-15)22-10-3-2-4-11-22/h5-9,12-13H,2-4,10-11,20H2,1H3,(H,21,23). The minimum atomic E-state index is -0.105. The molecule has 1 heterocycles. The second kappa shape index (κ2) is 6.73. The molecule has 0 aromatic heterocycles. The lowest BCUT2D eigenvalue weighted by atomic mass is 10.1. The predicted octanol–water partition coefficient (Wildman–Crippen LogP) is 3.82. The Labute approximate surface area is 137 Å². The maximum Gasteiger partial charge on any atom is 0.255 e. The van der Waals surface area contributed by atoms with Gasteiger partial charge < -0.3 is 16.0 Å². The van der Waals surface area contributed by atoms with Gasteiger partial charge in [-0.2, -0.15) is 0 Å². The number of benzene rings is 2. The first-order chi connectivity index (χ1) is 11.1. The molecule has 3 N–H and O–H groups in total. The molecule has 4 heteroatoms. The second-order valence-corrected chi connectivity index (χ2v) is 6.12. The highest BCUT2D eigenvalue weighted by Gasteiger charge is 2.13. The second-order valence-electron chi connectivity index (χ2n) is 6.12. The number of hydrogen-bond acceptors (Lipinski definition) is 3. The van der Waals surface area contributed by atoms with Crippen LogP contribution < -0.4 is 16.0 Å². The average Bonchev–Trinajstić information content (AvgIpc) is 2.59. The summed E-state index contributed by atoms with van der Waals surface area (Å²) < 4.78 is 0. The molecule has 23 heavy (non-hydrogen) atoms. The Morgan fingerprint density at radius 1 is 1.09 bits per heavy atom. The minimum Gasteiger partial charge on any atom is -0.398 e. The highest BCUT2D eigenvalue weighted by molar-refractivity contribution is 6.05. The Hall–Kier alpha value is -2.49. The van der Waals surface area contributed by atoms with Crippen LogP contribution in [0.25, 0.3) is 0 Å². The van der Waals surface area contributed by atoms with E-state index < -0.39 is 0 Å². The number of carbonyl (C=O) groups is 1. The van der Waals surface area contributed by atoms with Gasteiger partial charge in [-0.05, 0) is 62.1 Å². The van der Waals surface area contributed by atoms with Gasteiger partial charge in [0, 0.05) is 35.7 Å². The highest BCUT2D eigenvalue weighted by atomic mass is 16.1. The summed E-state index contributed by atoms with van der Waals surface area (Å²) in [4.78, 5) is 14.8. The van der Waals surface area contributed by atoms with Crippen molar-refractivity contribution in [2.24, 2.45) is 0 Å². The van der Waals surface area contributed by atoms with Crippen LogP contribution in [0.15, 0.2) is 42.5 Å². The number of nitrogen functional groups attached to an aromatic ring is 1. The van der Waals surface area contributed by atoms with Gasteiger partial charge in [0.2, 0.25) is 0 Å². The number of nitrogens with two attached hydrogens (primary N) is 1. The first-order valence-electron chi connectivity index (χ1n) is 8.16. The lowest BCUT2D eigenvalue weighted by molar-refractivity contribution is 0.102. The van der Waals surface area contributed by atoms with Crippen molar-refractivity contribution in [2.45, 2.75) is 26.2 Å². The topological polar surface area (TPSA) is 58.4 Å². The van der Waals surface area contributed by atoms with Gasteiger partial charge in [-0.25, -0.2) is 0 Å². The number of aryl methyl sites for hydroxylation is 1. The Morgan fingerprint density at radius 2 is 1.87 bits per heavy atom. The zero-order chi connectivity index (χ0) is 16.2. The van der Waals surface area contributed by atoms with Crippen molar-refractivity contribution >= 4 is 23.0 Å². The lowest BCUT2D eigenvalue weighted by Crippen LogP contribution is -2.29. The van der Waals surface area contributed by atoms with Gasteiger partial charge in [0.1, 0.15) is 0 Å². The Balaban J connectivity index is 1.75. The summed E-state index contributed by atoms with van der Waals surface area (Å²) in [5.74, 6) is -0.105. The zero-order valence-corrected chi connectivity index (χ0v) is 13.5. The molecule has 1 aliphatic rings. The van der Waals surface area contributed by atoms with E-state index in [1.807, 2.05) is 37.3 Å². The molecule has 0 unspecified atom stereocenters. The molecule has 120 valence electrons. The van der Waals surface area contributed by atoms with Crippen molar-refractivity contribution < 1.29 is 4.79 Å². The minimum absolute atomic E-state index is 0.105. The molecule has 0 aliphatic carbocycles. The largest absolute Gasteiger partial charge is 0.398 e. The van der Waals surface area contributed by atoms with Crippen molar-refractivity contribution in [2.75, 3.05) is 29.0 Å². The van der Waals surface area contributed by atoms with Gasteiger partial charge in [-0.1, -0.05) is 12.1 Å². The Morgan fingerprint density at radius 3 is 2.61 bits per heavy atom. The third-order valence-electron chi connectivity index (χ3n) is 4.37. The number of nitrogens with zero attached hydrogens (tertiary/aromatic N) is 1. The summed E-state index contributed by atoms with van der Waals surface area (Å²) in [7, 11) is 0. The van der Waals surface area contributed by atoms with Gasteiger partial charge >= 0.3 is 0 Å². The number of anilines is 3. The molecule has 1 amide bonds. The van der Waals surface area contributed by atoms with Crippen LogP contribution in [0.3, 0.4) is 0 Å².